The van der Waals surface area contributed by atoms with Crippen molar-refractivity contribution in [2.24, 2.45) is 7.05 Å². The summed E-state index contributed by atoms with van der Waals surface area (Å²) in [6, 6.07) is 12.9. The van der Waals surface area contributed by atoms with Crippen molar-refractivity contribution in [1.82, 2.24) is 39.4 Å². The molecule has 4 heterocycles. The van der Waals surface area contributed by atoms with Crippen LogP contribution in [-0.4, -0.2) is 52.5 Å². The molecule has 1 N–H and O–H groups in total. The first kappa shape index (κ1) is 22.4. The van der Waals surface area contributed by atoms with Crippen molar-refractivity contribution in [3.63, 3.8) is 0 Å². The van der Waals surface area contributed by atoms with E-state index in [1.54, 1.807) is 0 Å². The van der Waals surface area contributed by atoms with E-state index < -0.39 is 0 Å². The number of aromatic amines is 1. The number of likely N-dealkylation sites (N-methyl/N-ethyl adjacent to an activating group) is 1. The number of nitrogens with one attached hydrogen (secondary N) is 1. The molecule has 5 aromatic rings. The molecule has 188 valence electrons. The first-order chi connectivity index (χ1) is 18.1. The number of benzene rings is 2. The Hall–Kier alpha value is -3.78. The molecule has 1 saturated carbocycles. The van der Waals surface area contributed by atoms with Crippen LogP contribution in [0.3, 0.4) is 0 Å². The van der Waals surface area contributed by atoms with Gasteiger partial charge < -0.3 is 4.57 Å². The van der Waals surface area contributed by atoms with Crippen molar-refractivity contribution in [3.8, 4) is 22.6 Å². The minimum atomic E-state index is 0.638. The molecule has 1 fully saturated rings. The third-order valence-corrected chi connectivity index (χ3v) is 8.11. The lowest BCUT2D eigenvalue weighted by Crippen LogP contribution is -2.33. The smallest absolute Gasteiger partial charge is 0.181 e. The number of rotatable bonds is 6. The lowest BCUT2D eigenvalue weighted by atomic mass is 9.96. The van der Waals surface area contributed by atoms with Gasteiger partial charge in [-0.05, 0) is 49.4 Å². The van der Waals surface area contributed by atoms with E-state index in [9.17, 15) is 0 Å². The molecule has 8 nitrogen and oxygen atoms in total. The maximum atomic E-state index is 5.01. The molecule has 1 aliphatic carbocycles. The van der Waals surface area contributed by atoms with E-state index in [1.165, 1.54) is 40.9 Å². The first-order valence-corrected chi connectivity index (χ1v) is 13.3. The van der Waals surface area contributed by atoms with Gasteiger partial charge in [-0.1, -0.05) is 37.3 Å². The minimum Gasteiger partial charge on any atom is -0.329 e. The summed E-state index contributed by atoms with van der Waals surface area (Å²) in [5, 5.41) is 13.4. The second kappa shape index (κ2) is 8.66. The Labute approximate surface area is 216 Å². The molecule has 2 aromatic carbocycles. The monoisotopic (exact) mass is 492 g/mol. The fourth-order valence-electron chi connectivity index (χ4n) is 5.81. The Morgan fingerprint density at radius 2 is 1.81 bits per heavy atom. The zero-order valence-electron chi connectivity index (χ0n) is 21.7. The fraction of sp³-hybridized carbons (Fsp3) is 0.379. The number of aromatic nitrogens is 7. The van der Waals surface area contributed by atoms with Crippen molar-refractivity contribution < 1.29 is 0 Å². The minimum absolute atomic E-state index is 0.638. The second-order valence-corrected chi connectivity index (χ2v) is 10.5. The van der Waals surface area contributed by atoms with E-state index in [4.69, 9.17) is 15.1 Å². The summed E-state index contributed by atoms with van der Waals surface area (Å²) in [6.07, 6.45) is 5.24. The predicted molar refractivity (Wildman–Crippen MR) is 144 cm³/mol. The molecular weight excluding hydrogens is 460 g/mol. The van der Waals surface area contributed by atoms with Crippen molar-refractivity contribution >= 4 is 10.9 Å². The summed E-state index contributed by atoms with van der Waals surface area (Å²) in [5.74, 6) is 3.54. The fourth-order valence-corrected chi connectivity index (χ4v) is 5.81. The van der Waals surface area contributed by atoms with Gasteiger partial charge in [-0.15, -0.1) is 0 Å². The van der Waals surface area contributed by atoms with Gasteiger partial charge in [-0.25, -0.2) is 9.97 Å². The van der Waals surface area contributed by atoms with Gasteiger partial charge in [0, 0.05) is 48.8 Å². The molecule has 0 saturated heterocycles. The van der Waals surface area contributed by atoms with Crippen molar-refractivity contribution in [2.45, 2.75) is 52.1 Å². The van der Waals surface area contributed by atoms with Gasteiger partial charge in [-0.3, -0.25) is 14.7 Å². The van der Waals surface area contributed by atoms with Crippen LogP contribution in [0.1, 0.15) is 54.2 Å². The SMILES string of the molecule is CCN1CCn2c(nc(-c3ccc(-c4nc(Cc5ccc6[nH]ncc6c5C5CC5)n(C)n4)cc3)c2C)C1. The van der Waals surface area contributed by atoms with E-state index in [0.29, 0.717) is 5.92 Å². The number of nitrogens with zero attached hydrogens (tertiary/aromatic N) is 7. The van der Waals surface area contributed by atoms with Crippen LogP contribution in [0, 0.1) is 6.92 Å². The molecule has 0 unspecified atom stereocenters. The van der Waals surface area contributed by atoms with Gasteiger partial charge in [0.1, 0.15) is 11.6 Å². The largest absolute Gasteiger partial charge is 0.329 e. The molecule has 1 aliphatic heterocycles. The highest BCUT2D eigenvalue weighted by molar-refractivity contribution is 5.84. The molecule has 0 amide bonds. The van der Waals surface area contributed by atoms with Gasteiger partial charge in [0.2, 0.25) is 0 Å². The van der Waals surface area contributed by atoms with E-state index in [1.807, 2.05) is 17.9 Å². The summed E-state index contributed by atoms with van der Waals surface area (Å²) in [7, 11) is 1.99. The first-order valence-electron chi connectivity index (χ1n) is 13.3. The molecule has 37 heavy (non-hydrogen) atoms. The highest BCUT2D eigenvalue weighted by atomic mass is 15.3. The molecule has 0 atom stereocenters. The second-order valence-electron chi connectivity index (χ2n) is 10.5. The van der Waals surface area contributed by atoms with Crippen LogP contribution in [0.4, 0.5) is 0 Å². The number of H-pyrrole nitrogens is 1. The molecule has 7 rings (SSSR count). The Bertz CT molecular complexity index is 1600. The van der Waals surface area contributed by atoms with Crippen molar-refractivity contribution in [1.29, 1.82) is 0 Å². The van der Waals surface area contributed by atoms with Crippen LogP contribution < -0.4 is 0 Å². The van der Waals surface area contributed by atoms with Gasteiger partial charge in [0.25, 0.3) is 0 Å². The highest BCUT2D eigenvalue weighted by Gasteiger charge is 2.29. The summed E-state index contributed by atoms with van der Waals surface area (Å²) < 4.78 is 4.30. The molecule has 0 spiro atoms. The Morgan fingerprint density at radius 3 is 2.59 bits per heavy atom. The van der Waals surface area contributed by atoms with E-state index in [-0.39, 0.29) is 0 Å². The average molecular weight is 493 g/mol. The molecular formula is C29H32N8. The molecule has 0 bridgehead atoms. The third kappa shape index (κ3) is 3.87. The Balaban J connectivity index is 1.16. The summed E-state index contributed by atoms with van der Waals surface area (Å²) in [6.45, 7) is 8.49. The van der Waals surface area contributed by atoms with Crippen LogP contribution in [0.25, 0.3) is 33.5 Å². The molecule has 3 aromatic heterocycles. The molecule has 0 radical (unpaired) electrons. The Morgan fingerprint density at radius 1 is 1.00 bits per heavy atom. The predicted octanol–water partition coefficient (Wildman–Crippen LogP) is 4.83. The van der Waals surface area contributed by atoms with Gasteiger partial charge >= 0.3 is 0 Å². The average Bonchev–Trinajstić information content (AvgIpc) is 3.38. The number of hydrogen-bond donors (Lipinski definition) is 1. The maximum absolute atomic E-state index is 5.01. The van der Waals surface area contributed by atoms with Gasteiger partial charge in [0.15, 0.2) is 5.82 Å². The van der Waals surface area contributed by atoms with Crippen molar-refractivity contribution in [2.75, 3.05) is 13.1 Å². The van der Waals surface area contributed by atoms with Crippen LogP contribution in [0.2, 0.25) is 0 Å². The van der Waals surface area contributed by atoms with Gasteiger partial charge in [-0.2, -0.15) is 10.2 Å². The lowest BCUT2D eigenvalue weighted by Gasteiger charge is -2.26. The summed E-state index contributed by atoms with van der Waals surface area (Å²) in [5.41, 5.74) is 8.37. The number of fused-ring (bicyclic) bond motifs is 2. The van der Waals surface area contributed by atoms with Crippen LogP contribution in [0.15, 0.2) is 42.6 Å². The summed E-state index contributed by atoms with van der Waals surface area (Å²) in [4.78, 5) is 12.4. The lowest BCUT2D eigenvalue weighted by molar-refractivity contribution is 0.227. The topological polar surface area (TPSA) is 80.5 Å². The van der Waals surface area contributed by atoms with Crippen LogP contribution in [-0.2, 0) is 26.6 Å². The molecule has 2 aliphatic rings. The molecule has 8 heteroatoms. The quantitative estimate of drug-likeness (QED) is 0.367. The number of imidazole rings is 1. The zero-order valence-corrected chi connectivity index (χ0v) is 21.7. The van der Waals surface area contributed by atoms with E-state index in [0.717, 1.165) is 66.6 Å². The van der Waals surface area contributed by atoms with Gasteiger partial charge in [0.05, 0.1) is 24.0 Å². The van der Waals surface area contributed by atoms with Crippen LogP contribution >= 0.6 is 0 Å². The van der Waals surface area contributed by atoms with Crippen molar-refractivity contribution in [3.05, 3.63) is 71.1 Å². The zero-order chi connectivity index (χ0) is 25.1. The standard InChI is InChI=1S/C29H32N8/c1-4-36-13-14-37-18(2)28(31-26(37)17-36)20-7-9-21(10-8-20)29-32-25(35(3)34-29)15-22-11-12-24-23(16-30-33-24)27(22)19-5-6-19/h7-12,16,19H,4-6,13-15,17H2,1-3H3,(H,30,33). The number of hydrogen-bond acceptors (Lipinski definition) is 5. The number of aryl methyl sites for hydroxylation is 1. The summed E-state index contributed by atoms with van der Waals surface area (Å²) >= 11 is 0. The normalized spacial score (nSPS) is 16.0. The van der Waals surface area contributed by atoms with E-state index >= 15 is 0 Å². The Kier molecular flexibility index (Phi) is 5.25. The maximum Gasteiger partial charge on any atom is 0.181 e. The van der Waals surface area contributed by atoms with E-state index in [2.05, 4.69) is 69.9 Å². The third-order valence-electron chi connectivity index (χ3n) is 8.11. The van der Waals surface area contributed by atoms with Crippen LogP contribution in [0.5, 0.6) is 0 Å². The highest BCUT2D eigenvalue weighted by Crippen LogP contribution is 2.45.